The zero-order valence-electron chi connectivity index (χ0n) is 12.6. The van der Waals surface area contributed by atoms with Crippen LogP contribution in [0.4, 0.5) is 4.79 Å². The summed E-state index contributed by atoms with van der Waals surface area (Å²) < 4.78 is 0. The van der Waals surface area contributed by atoms with Gasteiger partial charge in [0.2, 0.25) is 5.91 Å². The monoisotopic (exact) mass is 309 g/mol. The van der Waals surface area contributed by atoms with Gasteiger partial charge in [-0.15, -0.1) is 11.3 Å². The number of carbonyl (C=O) groups excluding carboxylic acids is 2. The molecule has 1 atom stereocenters. The number of hydrogen-bond donors (Lipinski definition) is 3. The Bertz CT molecular complexity index is 481. The first-order valence-corrected chi connectivity index (χ1v) is 8.25. The first-order chi connectivity index (χ1) is 10.1. The van der Waals surface area contributed by atoms with Gasteiger partial charge in [0.15, 0.2) is 0 Å². The van der Waals surface area contributed by atoms with Gasteiger partial charge in [-0.2, -0.15) is 0 Å². The molecule has 116 valence electrons. The lowest BCUT2D eigenvalue weighted by atomic mass is 9.84. The number of carbonyl (C=O) groups is 2. The zero-order chi connectivity index (χ0) is 15.3. The normalized spacial score (nSPS) is 18.2. The minimum absolute atomic E-state index is 0.149. The van der Waals surface area contributed by atoms with Crippen molar-refractivity contribution < 1.29 is 9.59 Å². The van der Waals surface area contributed by atoms with Crippen molar-refractivity contribution in [1.29, 1.82) is 0 Å². The Morgan fingerprint density at radius 2 is 2.10 bits per heavy atom. The first-order valence-electron chi connectivity index (χ1n) is 7.37. The van der Waals surface area contributed by atoms with Crippen LogP contribution in [0, 0.1) is 0 Å². The van der Waals surface area contributed by atoms with Crippen LogP contribution in [-0.4, -0.2) is 31.6 Å². The van der Waals surface area contributed by atoms with Gasteiger partial charge < -0.3 is 10.6 Å². The van der Waals surface area contributed by atoms with Gasteiger partial charge in [-0.3, -0.25) is 10.1 Å². The Morgan fingerprint density at radius 3 is 2.67 bits per heavy atom. The number of thiophene rings is 1. The van der Waals surface area contributed by atoms with Gasteiger partial charge >= 0.3 is 6.03 Å². The van der Waals surface area contributed by atoms with Crippen LogP contribution in [0.3, 0.4) is 0 Å². The van der Waals surface area contributed by atoms with Crippen LogP contribution >= 0.6 is 11.3 Å². The maximum absolute atomic E-state index is 11.9. The van der Waals surface area contributed by atoms with E-state index in [1.807, 2.05) is 0 Å². The molecule has 0 saturated heterocycles. The molecule has 6 heteroatoms. The molecule has 1 saturated carbocycles. The van der Waals surface area contributed by atoms with E-state index in [1.165, 1.54) is 24.8 Å². The summed E-state index contributed by atoms with van der Waals surface area (Å²) in [6.45, 7) is 2.56. The fraction of sp³-hybridized carbons (Fsp3) is 0.600. The van der Waals surface area contributed by atoms with Crippen molar-refractivity contribution in [3.8, 4) is 0 Å². The Morgan fingerprint density at radius 1 is 1.38 bits per heavy atom. The largest absolute Gasteiger partial charge is 0.341 e. The molecule has 2 rings (SSSR count). The summed E-state index contributed by atoms with van der Waals surface area (Å²) >= 11 is 1.79. The van der Waals surface area contributed by atoms with Gasteiger partial charge in [0.1, 0.15) is 0 Å². The molecule has 0 spiro atoms. The lowest BCUT2D eigenvalue weighted by Gasteiger charge is -2.29. The molecule has 0 radical (unpaired) electrons. The highest BCUT2D eigenvalue weighted by Crippen LogP contribution is 2.42. The fourth-order valence-electron chi connectivity index (χ4n) is 2.87. The summed E-state index contributed by atoms with van der Waals surface area (Å²) in [5, 5.41) is 10.1. The fourth-order valence-corrected chi connectivity index (χ4v) is 3.85. The molecular weight excluding hydrogens is 286 g/mol. The van der Waals surface area contributed by atoms with E-state index in [0.717, 1.165) is 19.4 Å². The van der Waals surface area contributed by atoms with Crippen molar-refractivity contribution in [2.75, 3.05) is 13.6 Å². The third-order valence-electron chi connectivity index (χ3n) is 4.21. The standard InChI is InChI=1S/C15H23N3O2S/c1-11(13(19)18-14(20)16-2)17-10-15(7-3-4-8-15)12-6-5-9-21-12/h5-6,9,11,17H,3-4,7-8,10H2,1-2H3,(H2,16,18,19,20)/t11-/m1/s1. The van der Waals surface area contributed by atoms with Gasteiger partial charge in [0, 0.05) is 23.9 Å². The lowest BCUT2D eigenvalue weighted by molar-refractivity contribution is -0.121. The third-order valence-corrected chi connectivity index (χ3v) is 5.32. The molecule has 1 fully saturated rings. The van der Waals surface area contributed by atoms with E-state index in [-0.39, 0.29) is 17.4 Å². The van der Waals surface area contributed by atoms with Crippen molar-refractivity contribution in [2.24, 2.45) is 0 Å². The van der Waals surface area contributed by atoms with E-state index < -0.39 is 6.03 Å². The van der Waals surface area contributed by atoms with Crippen LogP contribution < -0.4 is 16.0 Å². The molecule has 1 aliphatic rings. The molecule has 0 aromatic carbocycles. The second kappa shape index (κ2) is 7.04. The quantitative estimate of drug-likeness (QED) is 0.779. The van der Waals surface area contributed by atoms with Gasteiger partial charge in [-0.05, 0) is 31.2 Å². The summed E-state index contributed by atoms with van der Waals surface area (Å²) in [5.41, 5.74) is 0.149. The molecule has 0 bridgehead atoms. The van der Waals surface area contributed by atoms with E-state index in [0.29, 0.717) is 0 Å². The van der Waals surface area contributed by atoms with Gasteiger partial charge in [-0.25, -0.2) is 4.79 Å². The molecule has 3 amide bonds. The van der Waals surface area contributed by atoms with Crippen LogP contribution in [-0.2, 0) is 10.2 Å². The molecule has 1 heterocycles. The zero-order valence-corrected chi connectivity index (χ0v) is 13.4. The van der Waals surface area contributed by atoms with Crippen molar-refractivity contribution in [1.82, 2.24) is 16.0 Å². The minimum Gasteiger partial charge on any atom is -0.341 e. The average Bonchev–Trinajstić information content (AvgIpc) is 3.16. The molecule has 1 aromatic rings. The minimum atomic E-state index is -0.470. The summed E-state index contributed by atoms with van der Waals surface area (Å²) in [5.74, 6) is -0.298. The Kier molecular flexibility index (Phi) is 5.36. The molecular formula is C15H23N3O2S. The topological polar surface area (TPSA) is 70.2 Å². The van der Waals surface area contributed by atoms with Crippen molar-refractivity contribution in [3.05, 3.63) is 22.4 Å². The van der Waals surface area contributed by atoms with Crippen LogP contribution in [0.15, 0.2) is 17.5 Å². The maximum atomic E-state index is 11.9. The highest BCUT2D eigenvalue weighted by atomic mass is 32.1. The van der Waals surface area contributed by atoms with E-state index in [4.69, 9.17) is 0 Å². The van der Waals surface area contributed by atoms with E-state index in [2.05, 4.69) is 33.5 Å². The second-order valence-corrected chi connectivity index (χ2v) is 6.58. The number of rotatable bonds is 5. The summed E-state index contributed by atoms with van der Waals surface area (Å²) in [7, 11) is 1.49. The highest BCUT2D eigenvalue weighted by molar-refractivity contribution is 7.10. The predicted octanol–water partition coefficient (Wildman–Crippen LogP) is 1.99. The van der Waals surface area contributed by atoms with Crippen LogP contribution in [0.25, 0.3) is 0 Å². The van der Waals surface area contributed by atoms with Crippen LogP contribution in [0.5, 0.6) is 0 Å². The molecule has 1 aliphatic carbocycles. The number of nitrogens with one attached hydrogen (secondary N) is 3. The lowest BCUT2D eigenvalue weighted by Crippen LogP contribution is -2.50. The van der Waals surface area contributed by atoms with Gasteiger partial charge in [-0.1, -0.05) is 18.9 Å². The summed E-state index contributed by atoms with van der Waals surface area (Å²) in [6, 6.07) is 3.41. The maximum Gasteiger partial charge on any atom is 0.321 e. The Hall–Kier alpha value is -1.40. The Balaban J connectivity index is 1.94. The number of imide groups is 1. The highest BCUT2D eigenvalue weighted by Gasteiger charge is 2.36. The van der Waals surface area contributed by atoms with Crippen molar-refractivity contribution >= 4 is 23.3 Å². The van der Waals surface area contributed by atoms with Crippen molar-refractivity contribution in [3.63, 3.8) is 0 Å². The summed E-state index contributed by atoms with van der Waals surface area (Å²) in [6.07, 6.45) is 4.78. The van der Waals surface area contributed by atoms with Crippen LogP contribution in [0.1, 0.15) is 37.5 Å². The third kappa shape index (κ3) is 3.83. The van der Waals surface area contributed by atoms with E-state index >= 15 is 0 Å². The van der Waals surface area contributed by atoms with Gasteiger partial charge in [0.05, 0.1) is 6.04 Å². The Labute approximate surface area is 129 Å². The first kappa shape index (κ1) is 16.0. The van der Waals surface area contributed by atoms with E-state index in [1.54, 1.807) is 18.3 Å². The molecule has 0 aliphatic heterocycles. The van der Waals surface area contributed by atoms with Crippen molar-refractivity contribution in [2.45, 2.75) is 44.1 Å². The number of hydrogen-bond acceptors (Lipinski definition) is 4. The number of urea groups is 1. The second-order valence-electron chi connectivity index (χ2n) is 5.64. The average molecular weight is 309 g/mol. The summed E-state index contributed by atoms with van der Waals surface area (Å²) in [4.78, 5) is 24.4. The molecule has 1 aromatic heterocycles. The molecule has 21 heavy (non-hydrogen) atoms. The predicted molar refractivity (Wildman–Crippen MR) is 84.5 cm³/mol. The van der Waals surface area contributed by atoms with E-state index in [9.17, 15) is 9.59 Å². The molecule has 3 N–H and O–H groups in total. The number of amides is 3. The molecule has 5 nitrogen and oxygen atoms in total. The SMILES string of the molecule is CNC(=O)NC(=O)[C@@H](C)NCC1(c2cccs2)CCCC1. The molecule has 0 unspecified atom stereocenters. The smallest absolute Gasteiger partial charge is 0.321 e. The van der Waals surface area contributed by atoms with Crippen LogP contribution in [0.2, 0.25) is 0 Å². The van der Waals surface area contributed by atoms with Gasteiger partial charge in [0.25, 0.3) is 0 Å².